The molecule has 0 bridgehead atoms. The molecule has 1 aromatic heterocycles. The molecule has 0 radical (unpaired) electrons. The van der Waals surface area contributed by atoms with Crippen molar-refractivity contribution in [3.8, 4) is 0 Å². The molecular formula is C14H14ClN3S. The smallest absolute Gasteiger partial charge is 0.131 e. The standard InChI is InChI=1S/C14H14ClN3S/c1-8-4-3-5-11(15)13(8)18-12-7-10(14(16)19)6-9(2)17-12/h3-7H,1-2H3,(H2,16,19)(H,17,18). The van der Waals surface area contributed by atoms with Crippen LogP contribution in [0.3, 0.4) is 0 Å². The predicted octanol–water partition coefficient (Wildman–Crippen LogP) is 3.73. The van der Waals surface area contributed by atoms with Crippen LogP contribution >= 0.6 is 23.8 Å². The van der Waals surface area contributed by atoms with Gasteiger partial charge < -0.3 is 11.1 Å². The quantitative estimate of drug-likeness (QED) is 0.846. The topological polar surface area (TPSA) is 50.9 Å². The summed E-state index contributed by atoms with van der Waals surface area (Å²) in [6.07, 6.45) is 0. The first-order valence-corrected chi connectivity index (χ1v) is 6.56. The molecule has 5 heteroatoms. The van der Waals surface area contributed by atoms with Gasteiger partial charge in [-0.2, -0.15) is 0 Å². The predicted molar refractivity (Wildman–Crippen MR) is 84.3 cm³/mol. The molecule has 0 spiro atoms. The zero-order chi connectivity index (χ0) is 14.0. The lowest BCUT2D eigenvalue weighted by Gasteiger charge is -2.12. The minimum atomic E-state index is 0.351. The number of hydrogen-bond donors (Lipinski definition) is 2. The number of nitrogens with two attached hydrogens (primary N) is 1. The SMILES string of the molecule is Cc1cc(C(N)=S)cc(Nc2c(C)cccc2Cl)n1. The fourth-order valence-corrected chi connectivity index (χ4v) is 2.18. The van der Waals surface area contributed by atoms with Crippen LogP contribution in [0.2, 0.25) is 5.02 Å². The Morgan fingerprint density at radius 1 is 1.32 bits per heavy atom. The molecule has 0 amide bonds. The fourth-order valence-electron chi connectivity index (χ4n) is 1.79. The Labute approximate surface area is 122 Å². The van der Waals surface area contributed by atoms with Gasteiger partial charge in [-0.15, -0.1) is 0 Å². The Hall–Kier alpha value is -1.65. The lowest BCUT2D eigenvalue weighted by atomic mass is 10.2. The van der Waals surface area contributed by atoms with Gasteiger partial charge in [-0.25, -0.2) is 4.98 Å². The van der Waals surface area contributed by atoms with Gasteiger partial charge in [-0.3, -0.25) is 0 Å². The molecule has 1 heterocycles. The second-order valence-electron chi connectivity index (χ2n) is 4.30. The Morgan fingerprint density at radius 2 is 2.05 bits per heavy atom. The third kappa shape index (κ3) is 3.22. The van der Waals surface area contributed by atoms with Crippen LogP contribution in [0.25, 0.3) is 0 Å². The van der Waals surface area contributed by atoms with Crippen LogP contribution in [-0.2, 0) is 0 Å². The second kappa shape index (κ2) is 5.55. The fraction of sp³-hybridized carbons (Fsp3) is 0.143. The molecule has 1 aromatic carbocycles. The Kier molecular flexibility index (Phi) is 4.02. The Morgan fingerprint density at radius 3 is 2.68 bits per heavy atom. The maximum absolute atomic E-state index is 6.18. The van der Waals surface area contributed by atoms with Crippen molar-refractivity contribution in [3.05, 3.63) is 52.2 Å². The number of anilines is 2. The van der Waals surface area contributed by atoms with Crippen molar-refractivity contribution in [2.45, 2.75) is 13.8 Å². The van der Waals surface area contributed by atoms with Gasteiger partial charge in [0.2, 0.25) is 0 Å². The van der Waals surface area contributed by atoms with Gasteiger partial charge in [0.1, 0.15) is 10.8 Å². The van der Waals surface area contributed by atoms with Crippen LogP contribution in [0.5, 0.6) is 0 Å². The summed E-state index contributed by atoms with van der Waals surface area (Å²) in [4.78, 5) is 4.76. The number of benzene rings is 1. The van der Waals surface area contributed by atoms with Crippen molar-refractivity contribution >= 4 is 40.3 Å². The summed E-state index contributed by atoms with van der Waals surface area (Å²) < 4.78 is 0. The van der Waals surface area contributed by atoms with E-state index in [4.69, 9.17) is 29.6 Å². The van der Waals surface area contributed by atoms with Crippen molar-refractivity contribution in [3.63, 3.8) is 0 Å². The number of halogens is 1. The number of thiocarbonyl (C=S) groups is 1. The van der Waals surface area contributed by atoms with Gasteiger partial charge in [0.25, 0.3) is 0 Å². The number of rotatable bonds is 3. The minimum Gasteiger partial charge on any atom is -0.389 e. The zero-order valence-electron chi connectivity index (χ0n) is 10.7. The number of nitrogens with zero attached hydrogens (tertiary/aromatic N) is 1. The number of pyridine rings is 1. The molecule has 0 aliphatic rings. The van der Waals surface area contributed by atoms with E-state index in [1.54, 1.807) is 0 Å². The van der Waals surface area contributed by atoms with Crippen molar-refractivity contribution in [2.75, 3.05) is 5.32 Å². The molecule has 0 fully saturated rings. The van der Waals surface area contributed by atoms with E-state index in [2.05, 4.69) is 10.3 Å². The van der Waals surface area contributed by atoms with Crippen molar-refractivity contribution in [2.24, 2.45) is 5.73 Å². The summed E-state index contributed by atoms with van der Waals surface area (Å²) in [6.45, 7) is 3.88. The van der Waals surface area contributed by atoms with Gasteiger partial charge in [0.15, 0.2) is 0 Å². The van der Waals surface area contributed by atoms with E-state index >= 15 is 0 Å². The van der Waals surface area contributed by atoms with E-state index in [9.17, 15) is 0 Å². The molecule has 3 N–H and O–H groups in total. The van der Waals surface area contributed by atoms with Gasteiger partial charge >= 0.3 is 0 Å². The molecule has 2 rings (SSSR count). The third-order valence-electron chi connectivity index (χ3n) is 2.71. The number of aryl methyl sites for hydroxylation is 2. The van der Waals surface area contributed by atoms with E-state index in [0.29, 0.717) is 15.8 Å². The summed E-state index contributed by atoms with van der Waals surface area (Å²) in [5.41, 5.74) is 9.18. The Balaban J connectivity index is 2.41. The van der Waals surface area contributed by atoms with Crippen LogP contribution < -0.4 is 11.1 Å². The first kappa shape index (κ1) is 13.8. The van der Waals surface area contributed by atoms with Crippen LogP contribution in [0.15, 0.2) is 30.3 Å². The van der Waals surface area contributed by atoms with E-state index in [-0.39, 0.29) is 0 Å². The molecule has 98 valence electrons. The summed E-state index contributed by atoms with van der Waals surface area (Å²) in [6, 6.07) is 9.40. The van der Waals surface area contributed by atoms with E-state index < -0.39 is 0 Å². The highest BCUT2D eigenvalue weighted by Gasteiger charge is 2.07. The van der Waals surface area contributed by atoms with Crippen LogP contribution in [0.4, 0.5) is 11.5 Å². The van der Waals surface area contributed by atoms with Crippen molar-refractivity contribution in [1.29, 1.82) is 0 Å². The maximum atomic E-state index is 6.18. The van der Waals surface area contributed by atoms with E-state index in [0.717, 1.165) is 22.5 Å². The third-order valence-corrected chi connectivity index (χ3v) is 3.26. The number of aromatic nitrogens is 1. The molecule has 0 atom stereocenters. The highest BCUT2D eigenvalue weighted by atomic mass is 35.5. The van der Waals surface area contributed by atoms with Crippen molar-refractivity contribution < 1.29 is 0 Å². The molecule has 2 aromatic rings. The monoisotopic (exact) mass is 291 g/mol. The minimum absolute atomic E-state index is 0.351. The largest absolute Gasteiger partial charge is 0.389 e. The first-order valence-electron chi connectivity index (χ1n) is 5.78. The molecule has 0 saturated carbocycles. The van der Waals surface area contributed by atoms with Crippen molar-refractivity contribution in [1.82, 2.24) is 4.98 Å². The lowest BCUT2D eigenvalue weighted by molar-refractivity contribution is 1.19. The number of nitrogens with one attached hydrogen (secondary N) is 1. The van der Waals surface area contributed by atoms with Crippen LogP contribution in [0.1, 0.15) is 16.8 Å². The lowest BCUT2D eigenvalue weighted by Crippen LogP contribution is -2.11. The maximum Gasteiger partial charge on any atom is 0.131 e. The summed E-state index contributed by atoms with van der Waals surface area (Å²) in [5.74, 6) is 0.680. The summed E-state index contributed by atoms with van der Waals surface area (Å²) >= 11 is 11.2. The van der Waals surface area contributed by atoms with Crippen LogP contribution in [0, 0.1) is 13.8 Å². The highest BCUT2D eigenvalue weighted by Crippen LogP contribution is 2.28. The number of hydrogen-bond acceptors (Lipinski definition) is 3. The average molecular weight is 292 g/mol. The van der Waals surface area contributed by atoms with E-state index in [1.165, 1.54) is 0 Å². The van der Waals surface area contributed by atoms with Gasteiger partial charge in [-0.05, 0) is 37.6 Å². The van der Waals surface area contributed by atoms with E-state index in [1.807, 2.05) is 44.2 Å². The molecular weight excluding hydrogens is 278 g/mol. The second-order valence-corrected chi connectivity index (χ2v) is 5.15. The molecule has 0 unspecified atom stereocenters. The van der Waals surface area contributed by atoms with Crippen LogP contribution in [-0.4, -0.2) is 9.97 Å². The first-order chi connectivity index (χ1) is 8.97. The summed E-state index contributed by atoms with van der Waals surface area (Å²) in [7, 11) is 0. The molecule has 0 aliphatic heterocycles. The summed E-state index contributed by atoms with van der Waals surface area (Å²) in [5, 5.41) is 3.87. The molecule has 0 aliphatic carbocycles. The molecule has 3 nitrogen and oxygen atoms in total. The molecule has 19 heavy (non-hydrogen) atoms. The van der Waals surface area contributed by atoms with Gasteiger partial charge in [0.05, 0.1) is 10.7 Å². The van der Waals surface area contributed by atoms with Gasteiger partial charge in [-0.1, -0.05) is 36.0 Å². The number of para-hydroxylation sites is 1. The Bertz CT molecular complexity index is 620. The zero-order valence-corrected chi connectivity index (χ0v) is 12.3. The highest BCUT2D eigenvalue weighted by molar-refractivity contribution is 7.80. The van der Waals surface area contributed by atoms with Gasteiger partial charge in [0, 0.05) is 11.3 Å². The average Bonchev–Trinajstić information content (AvgIpc) is 2.33. The molecule has 0 saturated heterocycles. The normalized spacial score (nSPS) is 10.3.